The van der Waals surface area contributed by atoms with Crippen molar-refractivity contribution in [2.45, 2.75) is 0 Å². The fourth-order valence-electron chi connectivity index (χ4n) is 2.21. The molecule has 0 aliphatic rings. The minimum atomic E-state index is -0.457. The van der Waals surface area contributed by atoms with Crippen LogP contribution in [-0.4, -0.2) is 15.9 Å². The Labute approximate surface area is 127 Å². The summed E-state index contributed by atoms with van der Waals surface area (Å²) in [5.41, 5.74) is 15.3. The maximum Gasteiger partial charge on any atom is 0.248 e. The Morgan fingerprint density at radius 1 is 0.955 bits per heavy atom. The number of primary amides is 1. The topological polar surface area (TPSA) is 94.9 Å². The molecule has 3 rings (SSSR count). The number of anilines is 1. The molecule has 1 aromatic carbocycles. The molecule has 0 atom stereocenters. The van der Waals surface area contributed by atoms with Crippen LogP contribution in [0.2, 0.25) is 0 Å². The van der Waals surface area contributed by atoms with Crippen LogP contribution in [0.5, 0.6) is 0 Å². The summed E-state index contributed by atoms with van der Waals surface area (Å²) in [6.07, 6.45) is 5.21. The number of pyridine rings is 2. The van der Waals surface area contributed by atoms with Gasteiger partial charge in [-0.2, -0.15) is 0 Å². The molecule has 0 fully saturated rings. The molecule has 0 bridgehead atoms. The zero-order chi connectivity index (χ0) is 15.5. The average molecular weight is 290 g/mol. The van der Waals surface area contributed by atoms with Gasteiger partial charge >= 0.3 is 0 Å². The molecule has 1 amide bonds. The van der Waals surface area contributed by atoms with E-state index in [0.717, 1.165) is 22.3 Å². The summed E-state index contributed by atoms with van der Waals surface area (Å²) in [5, 5.41) is 0. The van der Waals surface area contributed by atoms with Crippen LogP contribution in [0.1, 0.15) is 10.4 Å². The summed E-state index contributed by atoms with van der Waals surface area (Å²) >= 11 is 0. The van der Waals surface area contributed by atoms with Crippen LogP contribution in [0.25, 0.3) is 22.3 Å². The third-order valence-corrected chi connectivity index (χ3v) is 3.39. The minimum Gasteiger partial charge on any atom is -0.383 e. The zero-order valence-electron chi connectivity index (χ0n) is 11.7. The third kappa shape index (κ3) is 2.64. The van der Waals surface area contributed by atoms with Gasteiger partial charge in [-0.1, -0.05) is 18.2 Å². The van der Waals surface area contributed by atoms with E-state index in [1.54, 1.807) is 42.9 Å². The normalized spacial score (nSPS) is 10.4. The van der Waals surface area contributed by atoms with Gasteiger partial charge in [0.1, 0.15) is 5.82 Å². The Balaban J connectivity index is 2.05. The first-order valence-corrected chi connectivity index (χ1v) is 6.71. The summed E-state index contributed by atoms with van der Waals surface area (Å²) in [6.45, 7) is 0. The molecule has 0 radical (unpaired) electrons. The Morgan fingerprint density at radius 3 is 2.36 bits per heavy atom. The Kier molecular flexibility index (Phi) is 3.53. The number of aromatic nitrogens is 2. The molecule has 108 valence electrons. The van der Waals surface area contributed by atoms with Crippen molar-refractivity contribution >= 4 is 11.7 Å². The number of carbonyl (C=O) groups is 1. The van der Waals surface area contributed by atoms with E-state index < -0.39 is 5.91 Å². The Bertz CT molecular complexity index is 814. The minimum absolute atomic E-state index is 0.430. The molecule has 5 nitrogen and oxygen atoms in total. The maximum atomic E-state index is 11.1. The number of benzene rings is 1. The highest BCUT2D eigenvalue weighted by Crippen LogP contribution is 2.29. The lowest BCUT2D eigenvalue weighted by molar-refractivity contribution is 0.100. The summed E-state index contributed by atoms with van der Waals surface area (Å²) in [5.74, 6) is -0.0266. The highest BCUT2D eigenvalue weighted by molar-refractivity contribution is 5.93. The van der Waals surface area contributed by atoms with Gasteiger partial charge in [0.15, 0.2) is 0 Å². The molecule has 0 saturated carbocycles. The molecular weight excluding hydrogens is 276 g/mol. The summed E-state index contributed by atoms with van der Waals surface area (Å²) in [7, 11) is 0. The number of nitrogens with two attached hydrogens (primary N) is 2. The van der Waals surface area contributed by atoms with Crippen molar-refractivity contribution in [1.82, 2.24) is 9.97 Å². The molecule has 4 N–H and O–H groups in total. The fourth-order valence-corrected chi connectivity index (χ4v) is 2.21. The highest BCUT2D eigenvalue weighted by atomic mass is 16.1. The second-order valence-electron chi connectivity index (χ2n) is 4.84. The van der Waals surface area contributed by atoms with Gasteiger partial charge in [-0.05, 0) is 29.8 Å². The predicted molar refractivity (Wildman–Crippen MR) is 85.8 cm³/mol. The quantitative estimate of drug-likeness (QED) is 0.774. The van der Waals surface area contributed by atoms with Crippen molar-refractivity contribution < 1.29 is 4.79 Å². The number of amides is 1. The first-order chi connectivity index (χ1) is 10.6. The molecule has 2 aromatic heterocycles. The highest BCUT2D eigenvalue weighted by Gasteiger charge is 2.08. The lowest BCUT2D eigenvalue weighted by Crippen LogP contribution is -2.10. The number of hydrogen-bond donors (Lipinski definition) is 2. The van der Waals surface area contributed by atoms with E-state index in [9.17, 15) is 4.79 Å². The van der Waals surface area contributed by atoms with Crippen LogP contribution in [0.3, 0.4) is 0 Å². The first kappa shape index (κ1) is 13.8. The predicted octanol–water partition coefficient (Wildman–Crippen LogP) is 2.49. The van der Waals surface area contributed by atoms with E-state index in [1.165, 1.54) is 0 Å². The monoisotopic (exact) mass is 290 g/mol. The van der Waals surface area contributed by atoms with Gasteiger partial charge in [-0.3, -0.25) is 9.78 Å². The molecule has 0 unspecified atom stereocenters. The van der Waals surface area contributed by atoms with Gasteiger partial charge in [0.05, 0.1) is 0 Å². The molecular formula is C17H14N4O. The molecule has 0 aliphatic carbocycles. The van der Waals surface area contributed by atoms with Crippen LogP contribution < -0.4 is 11.5 Å². The van der Waals surface area contributed by atoms with Crippen molar-refractivity contribution in [1.29, 1.82) is 0 Å². The van der Waals surface area contributed by atoms with E-state index in [4.69, 9.17) is 11.5 Å². The fraction of sp³-hybridized carbons (Fsp3) is 0. The third-order valence-electron chi connectivity index (χ3n) is 3.39. The summed E-state index contributed by atoms with van der Waals surface area (Å²) < 4.78 is 0. The second kappa shape index (κ2) is 5.65. The molecule has 22 heavy (non-hydrogen) atoms. The summed E-state index contributed by atoms with van der Waals surface area (Å²) in [4.78, 5) is 19.5. The van der Waals surface area contributed by atoms with Gasteiger partial charge in [-0.25, -0.2) is 4.98 Å². The van der Waals surface area contributed by atoms with E-state index in [1.807, 2.05) is 18.2 Å². The number of nitrogens with zero attached hydrogens (tertiary/aromatic N) is 2. The van der Waals surface area contributed by atoms with E-state index >= 15 is 0 Å². The molecule has 3 aromatic rings. The average Bonchev–Trinajstić information content (AvgIpc) is 2.56. The molecule has 0 aliphatic heterocycles. The van der Waals surface area contributed by atoms with E-state index in [2.05, 4.69) is 9.97 Å². The van der Waals surface area contributed by atoms with Crippen LogP contribution in [0, 0.1) is 0 Å². The largest absolute Gasteiger partial charge is 0.383 e. The maximum absolute atomic E-state index is 11.1. The van der Waals surface area contributed by atoms with E-state index in [-0.39, 0.29) is 0 Å². The van der Waals surface area contributed by atoms with Gasteiger partial charge in [0, 0.05) is 40.8 Å². The summed E-state index contributed by atoms with van der Waals surface area (Å²) in [6, 6.07) is 12.7. The number of nitrogen functional groups attached to an aromatic ring is 1. The number of hydrogen-bond acceptors (Lipinski definition) is 4. The molecule has 0 saturated heterocycles. The lowest BCUT2D eigenvalue weighted by Gasteiger charge is -2.08. The second-order valence-corrected chi connectivity index (χ2v) is 4.84. The van der Waals surface area contributed by atoms with Gasteiger partial charge in [-0.15, -0.1) is 0 Å². The van der Waals surface area contributed by atoms with Crippen LogP contribution in [0.4, 0.5) is 5.82 Å². The van der Waals surface area contributed by atoms with Crippen molar-refractivity contribution in [2.75, 3.05) is 5.73 Å². The number of rotatable bonds is 3. The van der Waals surface area contributed by atoms with Crippen molar-refractivity contribution in [2.24, 2.45) is 5.73 Å². The van der Waals surface area contributed by atoms with Gasteiger partial charge in [0.2, 0.25) is 5.91 Å². The van der Waals surface area contributed by atoms with Crippen molar-refractivity contribution in [3.05, 3.63) is 66.6 Å². The van der Waals surface area contributed by atoms with Gasteiger partial charge in [0.25, 0.3) is 0 Å². The Hall–Kier alpha value is -3.21. The molecule has 0 spiro atoms. The standard InChI is InChI=1S/C17H14N4O/c18-16-15(11-3-5-12(6-4-11)17(19)22)8-14(10-21-16)13-2-1-7-20-9-13/h1-10H,(H2,18,21)(H2,19,22). The van der Waals surface area contributed by atoms with Crippen LogP contribution in [0.15, 0.2) is 61.1 Å². The Morgan fingerprint density at radius 2 is 1.73 bits per heavy atom. The van der Waals surface area contributed by atoms with Crippen LogP contribution in [-0.2, 0) is 0 Å². The SMILES string of the molecule is NC(=O)c1ccc(-c2cc(-c3cccnc3)cnc2N)cc1. The van der Waals surface area contributed by atoms with Gasteiger partial charge < -0.3 is 11.5 Å². The van der Waals surface area contributed by atoms with E-state index in [0.29, 0.717) is 11.4 Å². The van der Waals surface area contributed by atoms with Crippen LogP contribution >= 0.6 is 0 Å². The molecule has 5 heteroatoms. The number of carbonyl (C=O) groups excluding carboxylic acids is 1. The van der Waals surface area contributed by atoms with Crippen molar-refractivity contribution in [3.63, 3.8) is 0 Å². The molecule has 2 heterocycles. The smallest absolute Gasteiger partial charge is 0.248 e. The zero-order valence-corrected chi connectivity index (χ0v) is 11.7. The van der Waals surface area contributed by atoms with Crippen molar-refractivity contribution in [3.8, 4) is 22.3 Å². The lowest BCUT2D eigenvalue weighted by atomic mass is 10.0. The first-order valence-electron chi connectivity index (χ1n) is 6.71.